The number of aliphatic carboxylic acids is 1. The molecule has 1 heterocycles. The van der Waals surface area contributed by atoms with E-state index >= 15 is 0 Å². The smallest absolute Gasteiger partial charge is 0.335 e. The summed E-state index contributed by atoms with van der Waals surface area (Å²) in [5, 5.41) is 31.5. The molecule has 0 aromatic rings. The van der Waals surface area contributed by atoms with E-state index < -0.39 is 67.3 Å². The number of hydrogen-bond acceptors (Lipinski definition) is 11. The fraction of sp³-hybridized carbons (Fsp3) is 0.714. The molecule has 6 atom stereocenters. The molecule has 1 fully saturated rings. The highest BCUT2D eigenvalue weighted by atomic mass is 16.7. The Morgan fingerprint density at radius 2 is 0.840 bits per heavy atom. The van der Waals surface area contributed by atoms with E-state index in [2.05, 4.69) is 106 Å². The number of allylic oxidation sites excluding steroid dienone is 14. The number of rotatable bonds is 49. The molecule has 0 bridgehead atoms. The summed E-state index contributed by atoms with van der Waals surface area (Å²) >= 11 is 0. The molecule has 1 aliphatic heterocycles. The zero-order valence-electron chi connectivity index (χ0n) is 47.0. The topological polar surface area (TPSA) is 175 Å². The Balaban J connectivity index is 2.71. The van der Waals surface area contributed by atoms with Crippen LogP contribution < -0.4 is 0 Å². The molecule has 0 amide bonds. The highest BCUT2D eigenvalue weighted by molar-refractivity contribution is 5.74. The Morgan fingerprint density at radius 1 is 0.453 bits per heavy atom. The van der Waals surface area contributed by atoms with Crippen LogP contribution in [0.1, 0.15) is 239 Å². The second kappa shape index (κ2) is 50.7. The van der Waals surface area contributed by atoms with E-state index in [9.17, 15) is 34.5 Å². The van der Waals surface area contributed by atoms with E-state index in [1.807, 2.05) is 0 Å². The summed E-state index contributed by atoms with van der Waals surface area (Å²) < 4.78 is 28.4. The second-order valence-corrected chi connectivity index (χ2v) is 19.9. The Hall–Kier alpha value is -4.10. The van der Waals surface area contributed by atoms with Gasteiger partial charge >= 0.3 is 23.9 Å². The minimum absolute atomic E-state index is 0.0365. The molecular weight excluding hydrogens is 949 g/mol. The number of ether oxygens (including phenoxy) is 5. The van der Waals surface area contributed by atoms with Crippen LogP contribution >= 0.6 is 0 Å². The molecule has 12 nitrogen and oxygen atoms in total. The average molecular weight is 1050 g/mol. The van der Waals surface area contributed by atoms with E-state index in [-0.39, 0.29) is 25.9 Å². The van der Waals surface area contributed by atoms with Crippen LogP contribution in [0, 0.1) is 0 Å². The second-order valence-electron chi connectivity index (χ2n) is 19.9. The first-order chi connectivity index (χ1) is 36.6. The minimum Gasteiger partial charge on any atom is -0.479 e. The zero-order chi connectivity index (χ0) is 54.7. The Bertz CT molecular complexity index is 1630. The van der Waals surface area contributed by atoms with Gasteiger partial charge in [0, 0.05) is 19.3 Å². The van der Waals surface area contributed by atoms with Gasteiger partial charge in [-0.2, -0.15) is 0 Å². The zero-order valence-corrected chi connectivity index (χ0v) is 47.0. The molecule has 1 saturated heterocycles. The van der Waals surface area contributed by atoms with Gasteiger partial charge in [-0.25, -0.2) is 4.79 Å². The third kappa shape index (κ3) is 40.8. The van der Waals surface area contributed by atoms with Crippen molar-refractivity contribution in [3.63, 3.8) is 0 Å². The van der Waals surface area contributed by atoms with Gasteiger partial charge in [0.2, 0.25) is 0 Å². The fourth-order valence-corrected chi connectivity index (χ4v) is 8.49. The van der Waals surface area contributed by atoms with Gasteiger partial charge in [0.25, 0.3) is 0 Å². The number of esters is 3. The van der Waals surface area contributed by atoms with Crippen LogP contribution in [0.3, 0.4) is 0 Å². The van der Waals surface area contributed by atoms with Crippen molar-refractivity contribution in [3.8, 4) is 0 Å². The monoisotopic (exact) mass is 1050 g/mol. The summed E-state index contributed by atoms with van der Waals surface area (Å²) in [6.45, 7) is 5.74. The van der Waals surface area contributed by atoms with Crippen molar-refractivity contribution in [2.45, 2.75) is 276 Å². The number of aliphatic hydroxyl groups is 2. The highest BCUT2D eigenvalue weighted by Crippen LogP contribution is 2.26. The summed E-state index contributed by atoms with van der Waals surface area (Å²) in [6, 6.07) is 0. The van der Waals surface area contributed by atoms with Gasteiger partial charge in [-0.3, -0.25) is 14.4 Å². The average Bonchev–Trinajstić information content (AvgIpc) is 3.39. The molecule has 12 heteroatoms. The summed E-state index contributed by atoms with van der Waals surface area (Å²) in [6.07, 6.45) is 52.6. The molecule has 1 aliphatic rings. The van der Waals surface area contributed by atoms with Crippen LogP contribution in [0.4, 0.5) is 0 Å². The first-order valence-corrected chi connectivity index (χ1v) is 29.6. The van der Waals surface area contributed by atoms with Crippen LogP contribution in [-0.4, -0.2) is 89.2 Å². The van der Waals surface area contributed by atoms with E-state index in [0.29, 0.717) is 19.3 Å². The minimum atomic E-state index is -1.91. The maximum atomic E-state index is 13.1. The van der Waals surface area contributed by atoms with Gasteiger partial charge in [-0.15, -0.1) is 0 Å². The summed E-state index contributed by atoms with van der Waals surface area (Å²) in [5.41, 5.74) is 0. The number of carbonyl (C=O) groups excluding carboxylic acids is 3. The summed E-state index contributed by atoms with van der Waals surface area (Å²) in [5.74, 6) is -3.17. The van der Waals surface area contributed by atoms with Gasteiger partial charge in [-0.05, 0) is 89.9 Å². The number of aliphatic hydroxyl groups excluding tert-OH is 2. The van der Waals surface area contributed by atoms with Crippen molar-refractivity contribution < 1.29 is 58.2 Å². The molecule has 0 radical (unpaired) electrons. The molecule has 75 heavy (non-hydrogen) atoms. The molecule has 1 rings (SSSR count). The Morgan fingerprint density at radius 3 is 1.28 bits per heavy atom. The van der Waals surface area contributed by atoms with Crippen molar-refractivity contribution in [1.29, 1.82) is 0 Å². The molecule has 0 aromatic heterocycles. The van der Waals surface area contributed by atoms with Gasteiger partial charge in [-0.1, -0.05) is 215 Å². The highest BCUT2D eigenvalue weighted by Gasteiger charge is 2.50. The molecule has 428 valence electrons. The Kier molecular flexibility index (Phi) is 46.6. The lowest BCUT2D eigenvalue weighted by Gasteiger charge is -2.40. The maximum Gasteiger partial charge on any atom is 0.335 e. The Labute approximate surface area is 454 Å². The molecule has 0 aliphatic carbocycles. The van der Waals surface area contributed by atoms with Crippen LogP contribution in [0.5, 0.6) is 0 Å². The number of unbranched alkanes of at least 4 members (excludes halogenated alkanes) is 21. The fourth-order valence-electron chi connectivity index (χ4n) is 8.49. The van der Waals surface area contributed by atoms with Crippen molar-refractivity contribution in [2.24, 2.45) is 0 Å². The van der Waals surface area contributed by atoms with E-state index in [1.165, 1.54) is 57.8 Å². The van der Waals surface area contributed by atoms with Crippen LogP contribution in [0.25, 0.3) is 0 Å². The predicted molar refractivity (Wildman–Crippen MR) is 303 cm³/mol. The van der Waals surface area contributed by atoms with Crippen LogP contribution in [0.2, 0.25) is 0 Å². The number of carboxylic acids is 1. The molecular formula is C63H104O12. The predicted octanol–water partition coefficient (Wildman–Crippen LogP) is 15.1. The standard InChI is InChI=1S/C63H104O12/c1-4-7-10-13-16-19-22-25-27-28-30-32-34-37-40-43-46-49-55(64)71-52-54(73-56(65)50-47-44-41-38-35-31-24-21-18-15-12-9-6-3)53-72-63-61(59(68)58(67)60(75-63)62(69)70)74-57(66)51-48-45-42-39-36-33-29-26-23-20-17-14-11-8-5-2/h7-8,10-11,16-17,19-20,25-27,29-30,32,54,58-61,63,67-68H,4-6,9,12-15,18,21-24,28,31,33-53H2,1-3H3,(H,69,70)/b10-7-,11-8-,19-16-,20-17-,27-25-,29-26-,32-30-. The van der Waals surface area contributed by atoms with E-state index in [4.69, 9.17) is 23.7 Å². The number of carbonyl (C=O) groups is 4. The largest absolute Gasteiger partial charge is 0.479 e. The number of hydrogen-bond donors (Lipinski definition) is 3. The number of carboxylic acid groups (broad SMARTS) is 1. The first kappa shape index (κ1) is 68.9. The lowest BCUT2D eigenvalue weighted by molar-refractivity contribution is -0.301. The van der Waals surface area contributed by atoms with Crippen LogP contribution in [-0.2, 0) is 42.9 Å². The van der Waals surface area contributed by atoms with Gasteiger partial charge in [0.1, 0.15) is 18.8 Å². The summed E-state index contributed by atoms with van der Waals surface area (Å²) in [7, 11) is 0. The van der Waals surface area contributed by atoms with Crippen molar-refractivity contribution in [3.05, 3.63) is 85.1 Å². The SMILES string of the molecule is CC/C=C\C/C=C\C/C=C\C/C=C\CCCCCCC(=O)OCC(COC1OC(C(=O)O)C(O)C(O)C1OC(=O)CCCCCCC/C=C\C/C=C\C/C=C\CC)OC(=O)CCCCCCCCCCCCCCC. The summed E-state index contributed by atoms with van der Waals surface area (Å²) in [4.78, 5) is 51.1. The van der Waals surface area contributed by atoms with Crippen molar-refractivity contribution >= 4 is 23.9 Å². The molecule has 6 unspecified atom stereocenters. The molecule has 0 aromatic carbocycles. The lowest BCUT2D eigenvalue weighted by atomic mass is 9.98. The molecule has 0 spiro atoms. The van der Waals surface area contributed by atoms with E-state index in [1.54, 1.807) is 0 Å². The van der Waals surface area contributed by atoms with Gasteiger partial charge in [0.05, 0.1) is 6.61 Å². The first-order valence-electron chi connectivity index (χ1n) is 29.6. The third-order valence-electron chi connectivity index (χ3n) is 13.0. The maximum absolute atomic E-state index is 13.1. The molecule has 3 N–H and O–H groups in total. The van der Waals surface area contributed by atoms with Crippen molar-refractivity contribution in [2.75, 3.05) is 13.2 Å². The van der Waals surface area contributed by atoms with Gasteiger partial charge < -0.3 is 39.0 Å². The normalized spacial score (nSPS) is 18.8. The van der Waals surface area contributed by atoms with Crippen LogP contribution in [0.15, 0.2) is 85.1 Å². The molecule has 0 saturated carbocycles. The lowest BCUT2D eigenvalue weighted by Crippen LogP contribution is -2.61. The third-order valence-corrected chi connectivity index (χ3v) is 13.0. The van der Waals surface area contributed by atoms with Crippen molar-refractivity contribution in [1.82, 2.24) is 0 Å². The quantitative estimate of drug-likeness (QED) is 0.0228. The van der Waals surface area contributed by atoms with E-state index in [0.717, 1.165) is 122 Å². The van der Waals surface area contributed by atoms with Gasteiger partial charge in [0.15, 0.2) is 24.6 Å².